The minimum absolute atomic E-state index is 0.00691. The first-order valence-corrected chi connectivity index (χ1v) is 14.4. The summed E-state index contributed by atoms with van der Waals surface area (Å²) in [4.78, 5) is 65.8. The van der Waals surface area contributed by atoms with E-state index in [0.29, 0.717) is 23.5 Å². The smallest absolute Gasteiger partial charge is 0.304 e. The molecular weight excluding hydrogens is 572 g/mol. The molecule has 0 saturated carbocycles. The molecule has 4 atom stereocenters. The van der Waals surface area contributed by atoms with Gasteiger partial charge in [-0.05, 0) is 36.6 Å². The highest BCUT2D eigenvalue weighted by Gasteiger charge is 2.53. The number of rotatable bonds is 10. The maximum absolute atomic E-state index is 14.0. The molecule has 0 spiro atoms. The van der Waals surface area contributed by atoms with Gasteiger partial charge in [-0.2, -0.15) is 0 Å². The Bertz CT molecular complexity index is 1540. The molecule has 2 N–H and O–H groups in total. The van der Waals surface area contributed by atoms with E-state index >= 15 is 0 Å². The Hall–Kier alpha value is -4.62. The zero-order valence-corrected chi connectivity index (χ0v) is 24.4. The molecule has 13 nitrogen and oxygen atoms in total. The van der Waals surface area contributed by atoms with Gasteiger partial charge in [-0.25, -0.2) is 0 Å². The predicted molar refractivity (Wildman–Crippen MR) is 157 cm³/mol. The third-order valence-electron chi connectivity index (χ3n) is 8.49. The Balaban J connectivity index is 1.40. The van der Waals surface area contributed by atoms with E-state index in [0.717, 1.165) is 12.8 Å². The summed E-state index contributed by atoms with van der Waals surface area (Å²) >= 11 is 0. The van der Waals surface area contributed by atoms with E-state index in [1.165, 1.54) is 34.9 Å². The number of amides is 3. The second kappa shape index (κ2) is 12.2. The van der Waals surface area contributed by atoms with Crippen LogP contribution < -0.4 is 9.80 Å². The first-order valence-electron chi connectivity index (χ1n) is 14.4. The van der Waals surface area contributed by atoms with Gasteiger partial charge < -0.3 is 24.7 Å². The van der Waals surface area contributed by atoms with Crippen LogP contribution in [-0.2, 0) is 36.1 Å². The lowest BCUT2D eigenvalue weighted by Crippen LogP contribution is -2.54. The van der Waals surface area contributed by atoms with Gasteiger partial charge in [0.25, 0.3) is 11.6 Å². The van der Waals surface area contributed by atoms with Crippen molar-refractivity contribution in [1.29, 1.82) is 0 Å². The number of ether oxygens (including phenoxy) is 1. The molecule has 0 aromatic heterocycles. The fraction of sp³-hybridized carbons (Fsp3) is 0.419. The lowest BCUT2D eigenvalue weighted by molar-refractivity contribution is -0.385. The lowest BCUT2D eigenvalue weighted by Gasteiger charge is -2.39. The Morgan fingerprint density at radius 1 is 1.23 bits per heavy atom. The van der Waals surface area contributed by atoms with Crippen molar-refractivity contribution in [1.82, 2.24) is 4.90 Å². The van der Waals surface area contributed by atoms with Crippen molar-refractivity contribution in [2.24, 2.45) is 5.92 Å². The summed E-state index contributed by atoms with van der Waals surface area (Å²) in [6.45, 7) is 3.28. The van der Waals surface area contributed by atoms with Crippen molar-refractivity contribution >= 4 is 40.8 Å². The molecule has 2 aromatic carbocycles. The molecule has 1 unspecified atom stereocenters. The Labute approximate surface area is 253 Å². The topological polar surface area (TPSA) is 171 Å². The minimum Gasteiger partial charge on any atom is -0.441 e. The van der Waals surface area contributed by atoms with Gasteiger partial charge in [0.15, 0.2) is 11.8 Å². The highest BCUT2D eigenvalue weighted by molar-refractivity contribution is 6.07. The largest absolute Gasteiger partial charge is 0.441 e. The number of nitro benzene ring substituents is 1. The Kier molecular flexibility index (Phi) is 8.53. The van der Waals surface area contributed by atoms with Gasteiger partial charge in [0.1, 0.15) is 0 Å². The zero-order valence-electron chi connectivity index (χ0n) is 24.4. The number of benzene rings is 2. The van der Waals surface area contributed by atoms with Crippen LogP contribution in [0.5, 0.6) is 0 Å². The first-order chi connectivity index (χ1) is 20.9. The van der Waals surface area contributed by atoms with Crippen LogP contribution in [-0.4, -0.2) is 69.1 Å². The third kappa shape index (κ3) is 5.55. The van der Waals surface area contributed by atoms with E-state index in [2.05, 4.69) is 0 Å². The lowest BCUT2D eigenvalue weighted by atomic mass is 9.82. The first kappa shape index (κ1) is 30.8. The number of fused-ring (bicyclic) bond motifs is 1. The number of anilines is 2. The van der Waals surface area contributed by atoms with Gasteiger partial charge in [-0.1, -0.05) is 31.2 Å². The molecule has 2 aromatic rings. The standard InChI is InChI=1S/C31H34N4O9/c1-19(6-3-10-27(38)32-13-5-9-24(32)18-36)31(41)25-15-23(35(42)43)11-12-26(25)33(30(31)40)17-21-7-4-8-22(14-21)34-28(39)16-29(34)44-20(2)37/h3-4,6-8,11-12,14-15,19,24,29,36,41H,5,9-10,13,16-18H2,1-2H3/b6-3+/t19-,24-,29?,31+/m0/s1. The SMILES string of the molecule is CC(=O)OC1CC(=O)N1c1cccc(CN2C(=O)[C@@](O)([C@@H](C)/C=C/CC(=O)N3CCC[C@H]3CO)c3cc([N+](=O)[O-])ccc32)c1. The summed E-state index contributed by atoms with van der Waals surface area (Å²) in [5.41, 5.74) is -1.01. The number of carbonyl (C=O) groups is 4. The van der Waals surface area contributed by atoms with Crippen molar-refractivity contribution in [2.75, 3.05) is 23.0 Å². The molecule has 3 heterocycles. The Morgan fingerprint density at radius 3 is 2.68 bits per heavy atom. The molecule has 3 aliphatic heterocycles. The maximum Gasteiger partial charge on any atom is 0.304 e. The molecular formula is C31H34N4O9. The van der Waals surface area contributed by atoms with Crippen LogP contribution in [0.1, 0.15) is 50.7 Å². The zero-order chi connectivity index (χ0) is 31.8. The monoisotopic (exact) mass is 606 g/mol. The molecule has 2 saturated heterocycles. The van der Waals surface area contributed by atoms with Crippen LogP contribution in [0.15, 0.2) is 54.6 Å². The number of non-ortho nitro benzene ring substituents is 1. The normalized spacial score (nSPS) is 23.6. The van der Waals surface area contributed by atoms with Crippen LogP contribution in [0.3, 0.4) is 0 Å². The van der Waals surface area contributed by atoms with Crippen LogP contribution in [0.25, 0.3) is 0 Å². The van der Waals surface area contributed by atoms with E-state index in [1.807, 2.05) is 0 Å². The second-order valence-electron chi connectivity index (χ2n) is 11.3. The van der Waals surface area contributed by atoms with E-state index in [4.69, 9.17) is 4.74 Å². The minimum atomic E-state index is -2.16. The molecule has 2 fully saturated rings. The number of likely N-dealkylation sites (tertiary alicyclic amines) is 1. The number of aliphatic hydroxyl groups excluding tert-OH is 1. The van der Waals surface area contributed by atoms with Gasteiger partial charge in [0.2, 0.25) is 11.8 Å². The van der Waals surface area contributed by atoms with Crippen molar-refractivity contribution in [3.8, 4) is 0 Å². The van der Waals surface area contributed by atoms with Crippen LogP contribution in [0.2, 0.25) is 0 Å². The summed E-state index contributed by atoms with van der Waals surface area (Å²) in [5, 5.41) is 33.1. The summed E-state index contributed by atoms with van der Waals surface area (Å²) in [6, 6.07) is 10.4. The second-order valence-corrected chi connectivity index (χ2v) is 11.3. The summed E-state index contributed by atoms with van der Waals surface area (Å²) in [5.74, 6) is -2.48. The number of aliphatic hydroxyl groups is 2. The highest BCUT2D eigenvalue weighted by Crippen LogP contribution is 2.47. The Morgan fingerprint density at radius 2 is 2.00 bits per heavy atom. The van der Waals surface area contributed by atoms with Crippen molar-refractivity contribution in [3.05, 3.63) is 75.9 Å². The molecule has 5 rings (SSSR count). The van der Waals surface area contributed by atoms with Gasteiger partial charge in [0.05, 0.1) is 36.2 Å². The molecule has 0 aliphatic carbocycles. The van der Waals surface area contributed by atoms with Crippen LogP contribution in [0, 0.1) is 16.0 Å². The molecule has 13 heteroatoms. The van der Waals surface area contributed by atoms with E-state index in [1.54, 1.807) is 48.2 Å². The number of nitrogens with zero attached hydrogens (tertiary/aromatic N) is 4. The number of hydrogen-bond acceptors (Lipinski definition) is 9. The molecule has 0 radical (unpaired) electrons. The van der Waals surface area contributed by atoms with Gasteiger partial charge in [-0.3, -0.25) is 34.2 Å². The fourth-order valence-electron chi connectivity index (χ4n) is 6.16. The van der Waals surface area contributed by atoms with Crippen LogP contribution in [0.4, 0.5) is 17.1 Å². The molecule has 232 valence electrons. The van der Waals surface area contributed by atoms with Crippen LogP contribution >= 0.6 is 0 Å². The van der Waals surface area contributed by atoms with E-state index < -0.39 is 34.5 Å². The number of carbonyl (C=O) groups excluding carboxylic acids is 4. The fourth-order valence-corrected chi connectivity index (χ4v) is 6.16. The third-order valence-corrected chi connectivity index (χ3v) is 8.49. The van der Waals surface area contributed by atoms with Crippen molar-refractivity contribution < 1.29 is 39.1 Å². The average Bonchev–Trinajstić information content (AvgIpc) is 3.54. The molecule has 0 bridgehead atoms. The van der Waals surface area contributed by atoms with Gasteiger partial charge in [0, 0.05) is 49.2 Å². The maximum atomic E-state index is 14.0. The quantitative estimate of drug-likeness (QED) is 0.136. The van der Waals surface area contributed by atoms with Gasteiger partial charge in [-0.15, -0.1) is 0 Å². The molecule has 3 amide bonds. The number of β-lactam (4-membered cyclic amide) rings is 1. The van der Waals surface area contributed by atoms with E-state index in [9.17, 15) is 39.5 Å². The highest BCUT2D eigenvalue weighted by atomic mass is 16.6. The summed E-state index contributed by atoms with van der Waals surface area (Å²) in [6.07, 6.45) is 3.99. The summed E-state index contributed by atoms with van der Waals surface area (Å²) < 4.78 is 5.20. The number of esters is 1. The van der Waals surface area contributed by atoms with Crippen molar-refractivity contribution in [3.63, 3.8) is 0 Å². The average molecular weight is 607 g/mol. The van der Waals surface area contributed by atoms with Gasteiger partial charge >= 0.3 is 5.97 Å². The van der Waals surface area contributed by atoms with E-state index in [-0.39, 0.29) is 55.1 Å². The molecule has 44 heavy (non-hydrogen) atoms. The number of nitro groups is 1. The number of hydrogen-bond donors (Lipinski definition) is 2. The summed E-state index contributed by atoms with van der Waals surface area (Å²) in [7, 11) is 0. The molecule has 3 aliphatic rings. The predicted octanol–water partition coefficient (Wildman–Crippen LogP) is 2.52. The van der Waals surface area contributed by atoms with Crippen molar-refractivity contribution in [2.45, 2.75) is 63.9 Å².